The van der Waals surface area contributed by atoms with Crippen LogP contribution in [-0.2, 0) is 16.2 Å². The Bertz CT molecular complexity index is 612. The molecule has 3 nitrogen and oxygen atoms in total. The lowest BCUT2D eigenvalue weighted by molar-refractivity contribution is -0.138. The summed E-state index contributed by atoms with van der Waals surface area (Å²) in [4.78, 5) is -0.347. The number of benzene rings is 1. The van der Waals surface area contributed by atoms with Crippen molar-refractivity contribution in [1.29, 1.82) is 0 Å². The van der Waals surface area contributed by atoms with Crippen molar-refractivity contribution in [2.24, 2.45) is 0 Å². The summed E-state index contributed by atoms with van der Waals surface area (Å²) in [6, 6.07) is 3.15. The Balaban J connectivity index is 3.28. The van der Waals surface area contributed by atoms with E-state index in [1.165, 1.54) is 6.07 Å². The van der Waals surface area contributed by atoms with Gasteiger partial charge in [0.15, 0.2) is 0 Å². The average Bonchev–Trinajstić information content (AvgIpc) is 2.25. The predicted molar refractivity (Wildman–Crippen MR) is 79.0 cm³/mol. The monoisotopic (exact) mass is 387 g/mol. The third kappa shape index (κ3) is 4.69. The molecule has 0 aliphatic rings. The van der Waals surface area contributed by atoms with Gasteiger partial charge in [-0.1, -0.05) is 22.0 Å². The van der Waals surface area contributed by atoms with Gasteiger partial charge in [-0.3, -0.25) is 0 Å². The van der Waals surface area contributed by atoms with Crippen molar-refractivity contribution in [3.8, 4) is 0 Å². The van der Waals surface area contributed by atoms with E-state index in [4.69, 9.17) is 0 Å². The van der Waals surface area contributed by atoms with Gasteiger partial charge in [0.2, 0.25) is 10.0 Å². The number of hydrogen-bond donors (Lipinski definition) is 1. The molecule has 1 rings (SSSR count). The fourth-order valence-corrected chi connectivity index (χ4v) is 4.62. The molecule has 0 saturated carbocycles. The van der Waals surface area contributed by atoms with E-state index in [-0.39, 0.29) is 10.5 Å². The molecule has 1 N–H and O–H groups in total. The second-order valence-corrected chi connectivity index (χ2v) is 7.80. The van der Waals surface area contributed by atoms with Crippen LogP contribution in [-0.4, -0.2) is 19.3 Å². The zero-order chi connectivity index (χ0) is 16.5. The standard InChI is InChI=1S/C13H17BrF3NO2S/c1-9-10(13(15,16)17)5-4-6-11(9)21(19,20)18-12(2,3)7-8-14/h4-6,18H,7-8H2,1-3H3. The molecular formula is C13H17BrF3NO2S. The molecule has 8 heteroatoms. The van der Waals surface area contributed by atoms with Crippen LogP contribution in [0.1, 0.15) is 31.4 Å². The van der Waals surface area contributed by atoms with Gasteiger partial charge in [-0.05, 0) is 44.9 Å². The summed E-state index contributed by atoms with van der Waals surface area (Å²) in [5.41, 5.74) is -2.00. The Hall–Kier alpha value is -0.600. The Morgan fingerprint density at radius 1 is 1.24 bits per heavy atom. The molecule has 0 aliphatic heterocycles. The van der Waals surface area contributed by atoms with Crippen LogP contribution in [0.25, 0.3) is 0 Å². The highest BCUT2D eigenvalue weighted by Crippen LogP contribution is 2.34. The molecule has 0 heterocycles. The van der Waals surface area contributed by atoms with Crippen molar-refractivity contribution in [3.63, 3.8) is 0 Å². The van der Waals surface area contributed by atoms with E-state index in [1.54, 1.807) is 13.8 Å². The third-order valence-corrected chi connectivity index (χ3v) is 5.25. The number of nitrogens with one attached hydrogen (secondary N) is 1. The zero-order valence-electron chi connectivity index (χ0n) is 11.9. The third-order valence-electron chi connectivity index (χ3n) is 3.01. The largest absolute Gasteiger partial charge is 0.416 e. The number of alkyl halides is 4. The maximum absolute atomic E-state index is 12.9. The second kappa shape index (κ2) is 6.26. The molecule has 1 aromatic carbocycles. The number of sulfonamides is 1. The van der Waals surface area contributed by atoms with Crippen LogP contribution in [0.3, 0.4) is 0 Å². The van der Waals surface area contributed by atoms with E-state index >= 15 is 0 Å². The van der Waals surface area contributed by atoms with Crippen molar-refractivity contribution >= 4 is 26.0 Å². The lowest BCUT2D eigenvalue weighted by Crippen LogP contribution is -2.43. The van der Waals surface area contributed by atoms with Crippen LogP contribution in [0.2, 0.25) is 0 Å². The summed E-state index contributed by atoms with van der Waals surface area (Å²) in [6.45, 7) is 4.51. The highest BCUT2D eigenvalue weighted by atomic mass is 79.9. The Labute approximate surface area is 131 Å². The van der Waals surface area contributed by atoms with Crippen LogP contribution < -0.4 is 4.72 Å². The Kier molecular flexibility index (Phi) is 5.50. The molecule has 0 spiro atoms. The molecule has 0 saturated heterocycles. The number of hydrogen-bond acceptors (Lipinski definition) is 2. The van der Waals surface area contributed by atoms with Gasteiger partial charge >= 0.3 is 6.18 Å². The van der Waals surface area contributed by atoms with E-state index in [0.29, 0.717) is 11.8 Å². The number of halogens is 4. The zero-order valence-corrected chi connectivity index (χ0v) is 14.3. The summed E-state index contributed by atoms with van der Waals surface area (Å²) in [7, 11) is -4.02. The molecule has 0 fully saturated rings. The van der Waals surface area contributed by atoms with E-state index in [2.05, 4.69) is 20.7 Å². The minimum Gasteiger partial charge on any atom is -0.207 e. The molecule has 0 bridgehead atoms. The van der Waals surface area contributed by atoms with Crippen LogP contribution in [0, 0.1) is 6.92 Å². The molecule has 0 radical (unpaired) electrons. The van der Waals surface area contributed by atoms with Crippen molar-refractivity contribution in [3.05, 3.63) is 29.3 Å². The topological polar surface area (TPSA) is 46.2 Å². The molecular weight excluding hydrogens is 371 g/mol. The lowest BCUT2D eigenvalue weighted by Gasteiger charge is -2.26. The van der Waals surface area contributed by atoms with Gasteiger partial charge in [0, 0.05) is 10.9 Å². The van der Waals surface area contributed by atoms with Crippen LogP contribution >= 0.6 is 15.9 Å². The van der Waals surface area contributed by atoms with Gasteiger partial charge in [0.1, 0.15) is 0 Å². The van der Waals surface area contributed by atoms with Crippen LogP contribution in [0.4, 0.5) is 13.2 Å². The molecule has 0 atom stereocenters. The van der Waals surface area contributed by atoms with Crippen molar-refractivity contribution in [2.45, 2.75) is 43.8 Å². The first-order chi connectivity index (χ1) is 9.41. The fourth-order valence-electron chi connectivity index (χ4n) is 1.92. The van der Waals surface area contributed by atoms with Gasteiger partial charge in [-0.25, -0.2) is 13.1 Å². The first-order valence-electron chi connectivity index (χ1n) is 6.17. The molecule has 0 aliphatic carbocycles. The summed E-state index contributed by atoms with van der Waals surface area (Å²) in [6.07, 6.45) is -4.08. The van der Waals surface area contributed by atoms with E-state index in [0.717, 1.165) is 19.1 Å². The van der Waals surface area contributed by atoms with Crippen LogP contribution in [0.5, 0.6) is 0 Å². The molecule has 21 heavy (non-hydrogen) atoms. The van der Waals surface area contributed by atoms with Gasteiger partial charge in [-0.2, -0.15) is 13.2 Å². The predicted octanol–water partition coefficient (Wildman–Crippen LogP) is 3.86. The maximum Gasteiger partial charge on any atom is 0.416 e. The Morgan fingerprint density at radius 3 is 2.29 bits per heavy atom. The van der Waals surface area contributed by atoms with Gasteiger partial charge in [0.25, 0.3) is 0 Å². The maximum atomic E-state index is 12.9. The first kappa shape index (κ1) is 18.4. The van der Waals surface area contributed by atoms with Gasteiger partial charge in [-0.15, -0.1) is 0 Å². The normalized spacial score (nSPS) is 13.5. The minimum absolute atomic E-state index is 0.299. The fraction of sp³-hybridized carbons (Fsp3) is 0.538. The van der Waals surface area contributed by atoms with Crippen molar-refractivity contribution < 1.29 is 21.6 Å². The van der Waals surface area contributed by atoms with Gasteiger partial charge < -0.3 is 0 Å². The van der Waals surface area contributed by atoms with Crippen LogP contribution in [0.15, 0.2) is 23.1 Å². The van der Waals surface area contributed by atoms with Crippen molar-refractivity contribution in [1.82, 2.24) is 4.72 Å². The second-order valence-electron chi connectivity index (χ2n) is 5.35. The highest BCUT2D eigenvalue weighted by Gasteiger charge is 2.35. The minimum atomic E-state index is -4.58. The van der Waals surface area contributed by atoms with Gasteiger partial charge in [0.05, 0.1) is 10.5 Å². The molecule has 0 aromatic heterocycles. The quantitative estimate of drug-likeness (QED) is 0.779. The van der Waals surface area contributed by atoms with E-state index in [9.17, 15) is 21.6 Å². The van der Waals surface area contributed by atoms with E-state index < -0.39 is 27.3 Å². The molecule has 0 amide bonds. The van der Waals surface area contributed by atoms with Crippen molar-refractivity contribution in [2.75, 3.05) is 5.33 Å². The molecule has 120 valence electrons. The lowest BCUT2D eigenvalue weighted by atomic mass is 10.0. The summed E-state index contributed by atoms with van der Waals surface area (Å²) < 4.78 is 65.7. The smallest absolute Gasteiger partial charge is 0.207 e. The SMILES string of the molecule is Cc1c(C(F)(F)F)cccc1S(=O)(=O)NC(C)(C)CCBr. The first-order valence-corrected chi connectivity index (χ1v) is 8.78. The summed E-state index contributed by atoms with van der Waals surface area (Å²) in [5.74, 6) is 0. The summed E-state index contributed by atoms with van der Waals surface area (Å²) in [5, 5.41) is 0.574. The Morgan fingerprint density at radius 2 is 1.81 bits per heavy atom. The summed E-state index contributed by atoms with van der Waals surface area (Å²) >= 11 is 3.22. The highest BCUT2D eigenvalue weighted by molar-refractivity contribution is 9.09. The average molecular weight is 388 g/mol. The molecule has 0 unspecified atom stereocenters. The number of rotatable bonds is 5. The van der Waals surface area contributed by atoms with E-state index in [1.807, 2.05) is 0 Å². The molecule has 1 aromatic rings.